The fraction of sp³-hybridized carbons (Fsp3) is 0.400. The summed E-state index contributed by atoms with van der Waals surface area (Å²) in [7, 11) is 0. The van der Waals surface area contributed by atoms with E-state index in [0.29, 0.717) is 10.2 Å². The fourth-order valence-corrected chi connectivity index (χ4v) is 1.88. The Labute approximate surface area is 143 Å². The van der Waals surface area contributed by atoms with Crippen LogP contribution < -0.4 is 11.1 Å². The first-order valence-corrected chi connectivity index (χ1v) is 7.72. The van der Waals surface area contributed by atoms with Crippen LogP contribution in [0.1, 0.15) is 33.4 Å². The van der Waals surface area contributed by atoms with Gasteiger partial charge in [0, 0.05) is 12.4 Å². The van der Waals surface area contributed by atoms with Crippen molar-refractivity contribution in [1.82, 2.24) is 4.98 Å². The largest absolute Gasteiger partial charge is 0.462 e. The summed E-state index contributed by atoms with van der Waals surface area (Å²) < 4.78 is 10.6. The molecule has 0 aromatic carbocycles. The third-order valence-electron chi connectivity index (χ3n) is 2.43. The number of pyridine rings is 1. The molecule has 0 radical (unpaired) electrons. The minimum atomic E-state index is -0.625. The number of halogens is 1. The first-order chi connectivity index (χ1) is 10.7. The molecule has 0 aliphatic heterocycles. The zero-order chi connectivity index (χ0) is 17.6. The third-order valence-corrected chi connectivity index (χ3v) is 3.06. The van der Waals surface area contributed by atoms with Gasteiger partial charge in [-0.25, -0.2) is 9.59 Å². The highest BCUT2D eigenvalue weighted by Crippen LogP contribution is 2.26. The summed E-state index contributed by atoms with van der Waals surface area (Å²) in [5.74, 6) is -0.590. The summed E-state index contributed by atoms with van der Waals surface area (Å²) in [5.41, 5.74) is 5.63. The van der Waals surface area contributed by atoms with E-state index in [4.69, 9.17) is 15.2 Å². The molecule has 0 saturated heterocycles. The number of esters is 1. The van der Waals surface area contributed by atoms with Gasteiger partial charge in [0.15, 0.2) is 0 Å². The van der Waals surface area contributed by atoms with Crippen LogP contribution in [0.3, 0.4) is 0 Å². The molecule has 0 unspecified atom stereocenters. The lowest BCUT2D eigenvalue weighted by Gasteiger charge is -2.20. The Morgan fingerprint density at radius 3 is 2.61 bits per heavy atom. The molecule has 8 heteroatoms. The lowest BCUT2D eigenvalue weighted by molar-refractivity contribution is -0.136. The molecular formula is C15H20BrN3O4. The summed E-state index contributed by atoms with van der Waals surface area (Å²) in [6.07, 6.45) is 1.95. The number of anilines is 1. The highest BCUT2D eigenvalue weighted by Gasteiger charge is 2.19. The van der Waals surface area contributed by atoms with Crippen LogP contribution in [0.15, 0.2) is 22.9 Å². The standard InChI is InChI=1S/C15H20BrN3O4/c1-5-22-13(20)9(7-17)11-6-12(10(16)8-18-11)19-14(21)23-15(2,3)4/h6-8H,5,17H2,1-4H3,(H,18,19,21)/b9-7+. The molecule has 0 aliphatic carbocycles. The van der Waals surface area contributed by atoms with E-state index in [9.17, 15) is 9.59 Å². The molecule has 0 fully saturated rings. The molecule has 1 rings (SSSR count). The molecule has 126 valence electrons. The predicted molar refractivity (Wildman–Crippen MR) is 90.6 cm³/mol. The summed E-state index contributed by atoms with van der Waals surface area (Å²) in [5, 5.41) is 2.59. The van der Waals surface area contributed by atoms with Gasteiger partial charge in [-0.3, -0.25) is 10.3 Å². The number of nitrogens with two attached hydrogens (primary N) is 1. The number of amides is 1. The van der Waals surface area contributed by atoms with Crippen LogP contribution in [-0.2, 0) is 14.3 Å². The number of aromatic nitrogens is 1. The van der Waals surface area contributed by atoms with Crippen molar-refractivity contribution in [1.29, 1.82) is 0 Å². The quantitative estimate of drug-likeness (QED) is 0.609. The van der Waals surface area contributed by atoms with Gasteiger partial charge in [0.2, 0.25) is 0 Å². The number of rotatable bonds is 4. The number of ether oxygens (including phenoxy) is 2. The van der Waals surface area contributed by atoms with Gasteiger partial charge in [0.05, 0.1) is 22.5 Å². The zero-order valence-electron chi connectivity index (χ0n) is 13.5. The van der Waals surface area contributed by atoms with E-state index < -0.39 is 17.7 Å². The van der Waals surface area contributed by atoms with E-state index >= 15 is 0 Å². The number of hydrogen-bond acceptors (Lipinski definition) is 6. The van der Waals surface area contributed by atoms with Crippen molar-refractivity contribution >= 4 is 39.3 Å². The van der Waals surface area contributed by atoms with Crippen molar-refractivity contribution in [2.45, 2.75) is 33.3 Å². The first-order valence-electron chi connectivity index (χ1n) is 6.93. The number of nitrogens with one attached hydrogen (secondary N) is 1. The van der Waals surface area contributed by atoms with Crippen molar-refractivity contribution in [3.05, 3.63) is 28.6 Å². The van der Waals surface area contributed by atoms with Crippen LogP contribution in [0.4, 0.5) is 10.5 Å². The summed E-state index contributed by atoms with van der Waals surface area (Å²) >= 11 is 3.28. The highest BCUT2D eigenvalue weighted by atomic mass is 79.9. The molecule has 7 nitrogen and oxygen atoms in total. The van der Waals surface area contributed by atoms with E-state index in [-0.39, 0.29) is 17.9 Å². The van der Waals surface area contributed by atoms with Crippen LogP contribution in [0.2, 0.25) is 0 Å². The molecule has 0 atom stereocenters. The van der Waals surface area contributed by atoms with Crippen LogP contribution in [0, 0.1) is 0 Å². The minimum absolute atomic E-state index is 0.103. The monoisotopic (exact) mass is 385 g/mol. The van der Waals surface area contributed by atoms with Gasteiger partial charge in [0.25, 0.3) is 0 Å². The van der Waals surface area contributed by atoms with E-state index in [2.05, 4.69) is 26.2 Å². The molecule has 23 heavy (non-hydrogen) atoms. The van der Waals surface area contributed by atoms with Crippen LogP contribution in [0.25, 0.3) is 5.57 Å². The van der Waals surface area contributed by atoms with Crippen LogP contribution in [-0.4, -0.2) is 29.3 Å². The van der Waals surface area contributed by atoms with Crippen molar-refractivity contribution in [2.75, 3.05) is 11.9 Å². The van der Waals surface area contributed by atoms with Crippen molar-refractivity contribution in [3.8, 4) is 0 Å². The van der Waals surface area contributed by atoms with Gasteiger partial charge in [-0.1, -0.05) is 0 Å². The minimum Gasteiger partial charge on any atom is -0.462 e. The Morgan fingerprint density at radius 2 is 2.09 bits per heavy atom. The highest BCUT2D eigenvalue weighted by molar-refractivity contribution is 9.10. The van der Waals surface area contributed by atoms with E-state index in [1.807, 2.05) is 0 Å². The number of hydrogen-bond donors (Lipinski definition) is 2. The number of nitrogens with zero attached hydrogens (tertiary/aromatic N) is 1. The molecule has 3 N–H and O–H groups in total. The second-order valence-electron chi connectivity index (χ2n) is 5.48. The first kappa shape index (κ1) is 19.0. The molecule has 0 aliphatic rings. The second kappa shape index (κ2) is 7.96. The number of carbonyl (C=O) groups is 2. The zero-order valence-corrected chi connectivity index (χ0v) is 15.1. The summed E-state index contributed by atoms with van der Waals surface area (Å²) in [6.45, 7) is 7.19. The topological polar surface area (TPSA) is 104 Å². The van der Waals surface area contributed by atoms with Crippen molar-refractivity contribution in [2.24, 2.45) is 5.73 Å². The fourth-order valence-electron chi connectivity index (χ4n) is 1.56. The van der Waals surface area contributed by atoms with Gasteiger partial charge < -0.3 is 15.2 Å². The van der Waals surface area contributed by atoms with Gasteiger partial charge in [-0.15, -0.1) is 0 Å². The Kier molecular flexibility index (Phi) is 6.56. The van der Waals surface area contributed by atoms with E-state index in [1.54, 1.807) is 27.7 Å². The summed E-state index contributed by atoms with van der Waals surface area (Å²) in [6, 6.07) is 1.50. The van der Waals surface area contributed by atoms with Crippen LogP contribution >= 0.6 is 15.9 Å². The number of carbonyl (C=O) groups excluding carboxylic acids is 2. The molecule has 1 amide bonds. The molecule has 0 bridgehead atoms. The smallest absolute Gasteiger partial charge is 0.412 e. The lowest BCUT2D eigenvalue weighted by atomic mass is 10.1. The molecular weight excluding hydrogens is 366 g/mol. The van der Waals surface area contributed by atoms with Crippen molar-refractivity contribution < 1.29 is 19.1 Å². The van der Waals surface area contributed by atoms with Gasteiger partial charge in [-0.05, 0) is 49.7 Å². The molecule has 1 aromatic heterocycles. The average Bonchev–Trinajstić information content (AvgIpc) is 2.41. The van der Waals surface area contributed by atoms with Crippen LogP contribution in [0.5, 0.6) is 0 Å². The van der Waals surface area contributed by atoms with E-state index in [0.717, 1.165) is 6.20 Å². The maximum atomic E-state index is 11.9. The third kappa shape index (κ3) is 5.90. The Bertz CT molecular complexity index is 624. The Morgan fingerprint density at radius 1 is 1.43 bits per heavy atom. The maximum Gasteiger partial charge on any atom is 0.412 e. The summed E-state index contributed by atoms with van der Waals surface area (Å²) in [4.78, 5) is 27.8. The molecule has 0 saturated carbocycles. The maximum absolute atomic E-state index is 11.9. The lowest BCUT2D eigenvalue weighted by Crippen LogP contribution is -2.27. The Balaban J connectivity index is 3.03. The van der Waals surface area contributed by atoms with Gasteiger partial charge >= 0.3 is 12.1 Å². The van der Waals surface area contributed by atoms with Crippen molar-refractivity contribution in [3.63, 3.8) is 0 Å². The average molecular weight is 386 g/mol. The molecule has 0 spiro atoms. The Hall–Kier alpha value is -2.09. The normalized spacial score (nSPS) is 11.8. The molecule has 1 aromatic rings. The molecule has 1 heterocycles. The SMILES string of the molecule is CCOC(=O)/C(=C/N)c1cc(NC(=O)OC(C)(C)C)c(Br)cn1. The van der Waals surface area contributed by atoms with Gasteiger partial charge in [-0.2, -0.15) is 0 Å². The second-order valence-corrected chi connectivity index (χ2v) is 6.33. The predicted octanol–water partition coefficient (Wildman–Crippen LogP) is 3.05. The van der Waals surface area contributed by atoms with Gasteiger partial charge in [0.1, 0.15) is 11.2 Å². The van der Waals surface area contributed by atoms with E-state index in [1.165, 1.54) is 12.3 Å².